The Balaban J connectivity index is 1.29. The zero-order chi connectivity index (χ0) is 16.4. The highest BCUT2D eigenvalue weighted by Gasteiger charge is 2.22. The lowest BCUT2D eigenvalue weighted by molar-refractivity contribution is -0.132. The highest BCUT2D eigenvalue weighted by molar-refractivity contribution is 5.78. The lowest BCUT2D eigenvalue weighted by Crippen LogP contribution is -2.48. The Morgan fingerprint density at radius 3 is 2.71 bits per heavy atom. The Morgan fingerprint density at radius 1 is 1.08 bits per heavy atom. The lowest BCUT2D eigenvalue weighted by atomic mass is 10.1. The van der Waals surface area contributed by atoms with Crippen molar-refractivity contribution in [3.8, 4) is 11.5 Å². The third-order valence-corrected chi connectivity index (χ3v) is 4.39. The highest BCUT2D eigenvalue weighted by atomic mass is 16.7. The summed E-state index contributed by atoms with van der Waals surface area (Å²) in [4.78, 5) is 16.5. The number of carbonyl (C=O) groups excluding carboxylic acids is 1. The predicted molar refractivity (Wildman–Crippen MR) is 84.6 cm³/mol. The second-order valence-corrected chi connectivity index (χ2v) is 6.01. The number of rotatable bonds is 4. The van der Waals surface area contributed by atoms with Gasteiger partial charge < -0.3 is 18.9 Å². The Bertz CT molecular complexity index is 709. The van der Waals surface area contributed by atoms with Crippen LogP contribution in [-0.4, -0.2) is 53.8 Å². The number of amides is 1. The molecule has 3 heterocycles. The molecule has 2 aliphatic heterocycles. The smallest absolute Gasteiger partial charge is 0.231 e. The molecule has 2 aromatic rings. The van der Waals surface area contributed by atoms with Gasteiger partial charge in [0.15, 0.2) is 11.5 Å². The third-order valence-electron chi connectivity index (χ3n) is 4.39. The van der Waals surface area contributed by atoms with Crippen LogP contribution < -0.4 is 9.47 Å². The maximum absolute atomic E-state index is 12.3. The summed E-state index contributed by atoms with van der Waals surface area (Å²) in [6.07, 6.45) is 1.80. The zero-order valence-electron chi connectivity index (χ0n) is 13.3. The number of hydrogen-bond donors (Lipinski definition) is 0. The molecule has 24 heavy (non-hydrogen) atoms. The quantitative estimate of drug-likeness (QED) is 0.842. The minimum Gasteiger partial charge on any atom is -0.454 e. The van der Waals surface area contributed by atoms with E-state index in [0.29, 0.717) is 18.9 Å². The van der Waals surface area contributed by atoms with Crippen LogP contribution >= 0.6 is 0 Å². The van der Waals surface area contributed by atoms with Crippen molar-refractivity contribution in [3.63, 3.8) is 0 Å². The topological polar surface area (TPSA) is 68.0 Å². The highest BCUT2D eigenvalue weighted by Crippen LogP contribution is 2.32. The average molecular weight is 329 g/mol. The first-order chi connectivity index (χ1) is 11.8. The molecule has 0 N–H and O–H groups in total. The van der Waals surface area contributed by atoms with Gasteiger partial charge >= 0.3 is 0 Å². The molecule has 1 amide bonds. The van der Waals surface area contributed by atoms with E-state index in [1.807, 2.05) is 17.0 Å². The van der Waals surface area contributed by atoms with Gasteiger partial charge in [-0.05, 0) is 17.7 Å². The summed E-state index contributed by atoms with van der Waals surface area (Å²) in [5.74, 6) is 1.72. The lowest BCUT2D eigenvalue weighted by Gasteiger charge is -2.34. The standard InChI is InChI=1S/C17H19N3O4/c21-17(10-14-3-8-24-18-14)20-6-4-19(5-7-20)11-13-1-2-15-16(9-13)23-12-22-15/h1-3,8-9H,4-7,10-12H2. The van der Waals surface area contributed by atoms with Crippen LogP contribution in [0.4, 0.5) is 0 Å². The number of fused-ring (bicyclic) bond motifs is 1. The van der Waals surface area contributed by atoms with Crippen molar-refractivity contribution in [2.45, 2.75) is 13.0 Å². The minimum absolute atomic E-state index is 0.103. The van der Waals surface area contributed by atoms with Gasteiger partial charge in [-0.15, -0.1) is 0 Å². The maximum Gasteiger partial charge on any atom is 0.231 e. The fourth-order valence-electron chi connectivity index (χ4n) is 3.05. The number of ether oxygens (including phenoxy) is 2. The second kappa shape index (κ2) is 6.52. The first-order valence-electron chi connectivity index (χ1n) is 8.06. The molecule has 7 nitrogen and oxygen atoms in total. The number of carbonyl (C=O) groups is 1. The summed E-state index contributed by atoms with van der Waals surface area (Å²) in [6.45, 7) is 4.34. The number of benzene rings is 1. The van der Waals surface area contributed by atoms with Crippen LogP contribution in [0.1, 0.15) is 11.3 Å². The summed E-state index contributed by atoms with van der Waals surface area (Å²) in [6, 6.07) is 7.78. The molecule has 0 spiro atoms. The van der Waals surface area contributed by atoms with E-state index < -0.39 is 0 Å². The largest absolute Gasteiger partial charge is 0.454 e. The third kappa shape index (κ3) is 3.21. The van der Waals surface area contributed by atoms with Crippen LogP contribution in [0.5, 0.6) is 11.5 Å². The minimum atomic E-state index is 0.103. The van der Waals surface area contributed by atoms with E-state index in [2.05, 4.69) is 16.1 Å². The fourth-order valence-corrected chi connectivity index (χ4v) is 3.05. The van der Waals surface area contributed by atoms with E-state index in [1.54, 1.807) is 6.07 Å². The van der Waals surface area contributed by atoms with Crippen LogP contribution in [0, 0.1) is 0 Å². The Labute approximate surface area is 139 Å². The molecule has 0 radical (unpaired) electrons. The van der Waals surface area contributed by atoms with Crippen LogP contribution in [-0.2, 0) is 17.8 Å². The molecule has 0 saturated carbocycles. The molecule has 1 fully saturated rings. The van der Waals surface area contributed by atoms with Crippen LogP contribution in [0.15, 0.2) is 35.1 Å². The molecule has 2 aliphatic rings. The number of hydrogen-bond acceptors (Lipinski definition) is 6. The summed E-state index contributed by atoms with van der Waals surface area (Å²) >= 11 is 0. The number of aromatic nitrogens is 1. The summed E-state index contributed by atoms with van der Waals surface area (Å²) < 4.78 is 15.5. The van der Waals surface area contributed by atoms with E-state index in [4.69, 9.17) is 14.0 Å². The van der Waals surface area contributed by atoms with Gasteiger partial charge in [-0.1, -0.05) is 11.2 Å². The van der Waals surface area contributed by atoms with E-state index in [0.717, 1.165) is 44.2 Å². The van der Waals surface area contributed by atoms with E-state index >= 15 is 0 Å². The van der Waals surface area contributed by atoms with Crippen molar-refractivity contribution in [2.75, 3.05) is 33.0 Å². The summed E-state index contributed by atoms with van der Waals surface area (Å²) in [5, 5.41) is 3.80. The molecule has 0 aliphatic carbocycles. The molecule has 0 atom stereocenters. The van der Waals surface area contributed by atoms with E-state index in [-0.39, 0.29) is 5.91 Å². The first-order valence-corrected chi connectivity index (χ1v) is 8.06. The molecule has 0 bridgehead atoms. The molecule has 126 valence electrons. The van der Waals surface area contributed by atoms with E-state index in [1.165, 1.54) is 11.8 Å². The number of nitrogens with zero attached hydrogens (tertiary/aromatic N) is 3. The molecular weight excluding hydrogens is 310 g/mol. The average Bonchev–Trinajstić information content (AvgIpc) is 3.26. The SMILES string of the molecule is O=C(Cc1ccon1)N1CCN(Cc2ccc3c(c2)OCO3)CC1. The Hall–Kier alpha value is -2.54. The molecule has 1 aromatic carbocycles. The van der Waals surface area contributed by atoms with E-state index in [9.17, 15) is 4.79 Å². The zero-order valence-corrected chi connectivity index (χ0v) is 13.3. The van der Waals surface area contributed by atoms with Crippen LogP contribution in [0.25, 0.3) is 0 Å². The maximum atomic E-state index is 12.3. The summed E-state index contributed by atoms with van der Waals surface area (Å²) in [7, 11) is 0. The molecule has 0 unspecified atom stereocenters. The monoisotopic (exact) mass is 329 g/mol. The normalized spacial score (nSPS) is 17.2. The Kier molecular flexibility index (Phi) is 4.08. The molecule has 4 rings (SSSR count). The van der Waals surface area contributed by atoms with Gasteiger partial charge in [0, 0.05) is 38.8 Å². The molecule has 1 saturated heterocycles. The van der Waals surface area contributed by atoms with Crippen molar-refractivity contribution in [1.82, 2.24) is 15.0 Å². The van der Waals surface area contributed by atoms with Gasteiger partial charge in [0.25, 0.3) is 0 Å². The molecule has 7 heteroatoms. The van der Waals surface area contributed by atoms with Gasteiger partial charge in [0.2, 0.25) is 12.7 Å². The van der Waals surface area contributed by atoms with Crippen molar-refractivity contribution >= 4 is 5.91 Å². The molecular formula is C17H19N3O4. The van der Waals surface area contributed by atoms with Gasteiger partial charge in [-0.2, -0.15) is 0 Å². The summed E-state index contributed by atoms with van der Waals surface area (Å²) in [5.41, 5.74) is 1.88. The van der Waals surface area contributed by atoms with Crippen molar-refractivity contribution in [1.29, 1.82) is 0 Å². The van der Waals surface area contributed by atoms with Gasteiger partial charge in [0.1, 0.15) is 6.26 Å². The van der Waals surface area contributed by atoms with Crippen molar-refractivity contribution < 1.29 is 18.8 Å². The van der Waals surface area contributed by atoms with Gasteiger partial charge in [-0.3, -0.25) is 9.69 Å². The molecule has 1 aromatic heterocycles. The van der Waals surface area contributed by atoms with Crippen molar-refractivity contribution in [3.05, 3.63) is 41.8 Å². The van der Waals surface area contributed by atoms with Gasteiger partial charge in [-0.25, -0.2) is 0 Å². The second-order valence-electron chi connectivity index (χ2n) is 6.01. The van der Waals surface area contributed by atoms with Crippen LogP contribution in [0.2, 0.25) is 0 Å². The van der Waals surface area contributed by atoms with Crippen molar-refractivity contribution in [2.24, 2.45) is 0 Å². The fraction of sp³-hybridized carbons (Fsp3) is 0.412. The number of piperazine rings is 1. The first kappa shape index (κ1) is 15.0. The Morgan fingerprint density at radius 2 is 1.92 bits per heavy atom. The van der Waals surface area contributed by atoms with Crippen LogP contribution in [0.3, 0.4) is 0 Å². The van der Waals surface area contributed by atoms with Gasteiger partial charge in [0.05, 0.1) is 12.1 Å². The predicted octanol–water partition coefficient (Wildman–Crippen LogP) is 1.29.